The van der Waals surface area contributed by atoms with Crippen molar-refractivity contribution in [2.75, 3.05) is 19.7 Å². The molecule has 2 atom stereocenters. The predicted octanol–water partition coefficient (Wildman–Crippen LogP) is -1.28. The van der Waals surface area contributed by atoms with Crippen LogP contribution in [0.1, 0.15) is 18.4 Å². The van der Waals surface area contributed by atoms with Gasteiger partial charge in [-0.2, -0.15) is 13.5 Å². The van der Waals surface area contributed by atoms with Crippen LogP contribution >= 0.6 is 0 Å². The lowest BCUT2D eigenvalue weighted by molar-refractivity contribution is -0.131. The number of piperidine rings is 1. The average Bonchev–Trinajstić information content (AvgIpc) is 2.95. The first-order chi connectivity index (χ1) is 14.7. The van der Waals surface area contributed by atoms with Crippen LogP contribution in [0.15, 0.2) is 24.3 Å². The van der Waals surface area contributed by atoms with Gasteiger partial charge in [0.25, 0.3) is 5.91 Å². The van der Waals surface area contributed by atoms with Crippen molar-refractivity contribution < 1.29 is 36.4 Å². The third kappa shape index (κ3) is 5.61. The number of nitrogens with one attached hydrogen (secondary N) is 2. The van der Waals surface area contributed by atoms with Gasteiger partial charge in [-0.1, -0.05) is 18.2 Å². The fourth-order valence-electron chi connectivity index (χ4n) is 3.50. The molecule has 2 aliphatic heterocycles. The van der Waals surface area contributed by atoms with Gasteiger partial charge in [0.2, 0.25) is 5.91 Å². The standard InChI is InChI=1S/C17H23N5O8S/c18-7-8-29-14-4-2-1-3-11(14)9-15(23)19-20-16(24)13-6-5-12-10-21(13)17(25)22(12)30-31(26,27)28/h1-4,12-13H,5-10,18H2,(H,19,23)(H,20,24)(H,26,27,28)/t12-,13-/m0/s1. The highest BCUT2D eigenvalue weighted by atomic mass is 32.3. The molecule has 2 heterocycles. The molecule has 31 heavy (non-hydrogen) atoms. The highest BCUT2D eigenvalue weighted by Gasteiger charge is 2.49. The number of hydrazine groups is 1. The number of carbonyl (C=O) groups is 3. The third-order valence-corrected chi connectivity index (χ3v) is 5.17. The average molecular weight is 457 g/mol. The Morgan fingerprint density at radius 1 is 1.23 bits per heavy atom. The molecule has 13 nitrogen and oxygen atoms in total. The highest BCUT2D eigenvalue weighted by molar-refractivity contribution is 7.80. The zero-order chi connectivity index (χ0) is 22.6. The van der Waals surface area contributed by atoms with E-state index in [-0.39, 0.29) is 25.8 Å². The van der Waals surface area contributed by atoms with Crippen LogP contribution < -0.4 is 21.3 Å². The first-order valence-electron chi connectivity index (χ1n) is 9.46. The Morgan fingerprint density at radius 2 is 1.97 bits per heavy atom. The fourth-order valence-corrected chi connectivity index (χ4v) is 3.88. The van der Waals surface area contributed by atoms with Crippen molar-refractivity contribution in [3.63, 3.8) is 0 Å². The second-order valence-electron chi connectivity index (χ2n) is 6.97. The Bertz CT molecular complexity index is 956. The summed E-state index contributed by atoms with van der Waals surface area (Å²) in [5.41, 5.74) is 10.6. The topological polar surface area (TPSA) is 181 Å². The lowest BCUT2D eigenvalue weighted by Crippen LogP contribution is -2.54. The van der Waals surface area contributed by atoms with E-state index in [4.69, 9.17) is 15.0 Å². The molecule has 0 saturated carbocycles. The lowest BCUT2D eigenvalue weighted by Gasteiger charge is -2.29. The second-order valence-corrected chi connectivity index (χ2v) is 7.97. The summed E-state index contributed by atoms with van der Waals surface area (Å²) in [5, 5.41) is 0.541. The summed E-state index contributed by atoms with van der Waals surface area (Å²) in [6.07, 6.45) is 0.432. The van der Waals surface area contributed by atoms with Crippen LogP contribution in [0.25, 0.3) is 0 Å². The number of para-hydroxylation sites is 1. The van der Waals surface area contributed by atoms with Crippen molar-refractivity contribution in [3.8, 4) is 5.75 Å². The molecule has 0 aliphatic carbocycles. The van der Waals surface area contributed by atoms with Crippen LogP contribution in [-0.4, -0.2) is 72.6 Å². The summed E-state index contributed by atoms with van der Waals surface area (Å²) < 4.78 is 40.5. The summed E-state index contributed by atoms with van der Waals surface area (Å²) in [6, 6.07) is 4.51. The smallest absolute Gasteiger partial charge is 0.418 e. The molecule has 0 spiro atoms. The van der Waals surface area contributed by atoms with Crippen LogP contribution in [0.3, 0.4) is 0 Å². The minimum atomic E-state index is -4.87. The minimum absolute atomic E-state index is 0.0479. The van der Waals surface area contributed by atoms with E-state index < -0.39 is 40.3 Å². The number of benzene rings is 1. The number of rotatable bonds is 8. The van der Waals surface area contributed by atoms with Crippen LogP contribution in [0, 0.1) is 0 Å². The van der Waals surface area contributed by atoms with Gasteiger partial charge in [-0.05, 0) is 18.9 Å². The highest BCUT2D eigenvalue weighted by Crippen LogP contribution is 2.30. The van der Waals surface area contributed by atoms with Gasteiger partial charge in [-0.15, -0.1) is 4.28 Å². The van der Waals surface area contributed by atoms with Crippen LogP contribution in [0.2, 0.25) is 0 Å². The van der Waals surface area contributed by atoms with Crippen LogP contribution in [-0.2, 0) is 30.7 Å². The van der Waals surface area contributed by atoms with Crippen LogP contribution in [0.5, 0.6) is 5.75 Å². The number of nitrogens with two attached hydrogens (primary N) is 1. The molecular weight excluding hydrogens is 434 g/mol. The minimum Gasteiger partial charge on any atom is -0.492 e. The van der Waals surface area contributed by atoms with E-state index in [0.29, 0.717) is 29.5 Å². The second kappa shape index (κ2) is 9.47. The Labute approximate surface area is 178 Å². The molecule has 14 heteroatoms. The van der Waals surface area contributed by atoms with Crippen LogP contribution in [0.4, 0.5) is 4.79 Å². The Kier molecular flexibility index (Phi) is 6.94. The maximum atomic E-state index is 12.5. The molecule has 2 aliphatic rings. The van der Waals surface area contributed by atoms with E-state index in [1.54, 1.807) is 24.3 Å². The lowest BCUT2D eigenvalue weighted by atomic mass is 10.0. The van der Waals surface area contributed by atoms with Gasteiger partial charge in [0, 0.05) is 18.7 Å². The number of carbonyl (C=O) groups excluding carboxylic acids is 3. The van der Waals surface area contributed by atoms with Crippen molar-refractivity contribution in [1.82, 2.24) is 20.8 Å². The molecular formula is C17H23N5O8S. The zero-order valence-electron chi connectivity index (χ0n) is 16.4. The molecule has 4 amide bonds. The Hall–Kier alpha value is -2.94. The van der Waals surface area contributed by atoms with E-state index in [1.165, 1.54) is 0 Å². The number of hydroxylamine groups is 2. The maximum Gasteiger partial charge on any atom is 0.418 e. The molecule has 0 unspecified atom stereocenters. The summed E-state index contributed by atoms with van der Waals surface area (Å²) in [4.78, 5) is 38.2. The molecule has 170 valence electrons. The van der Waals surface area contributed by atoms with E-state index in [9.17, 15) is 22.8 Å². The zero-order valence-corrected chi connectivity index (χ0v) is 17.2. The van der Waals surface area contributed by atoms with Crippen molar-refractivity contribution in [3.05, 3.63) is 29.8 Å². The normalized spacial score (nSPS) is 20.5. The summed E-state index contributed by atoms with van der Waals surface area (Å²) in [5.74, 6) is -0.634. The number of amides is 4. The van der Waals surface area contributed by atoms with Gasteiger partial charge in [0.1, 0.15) is 18.4 Å². The Balaban J connectivity index is 1.55. The number of nitrogens with zero attached hydrogens (tertiary/aromatic N) is 2. The Morgan fingerprint density at radius 3 is 2.68 bits per heavy atom. The summed E-state index contributed by atoms with van der Waals surface area (Å²) in [7, 11) is -4.87. The first kappa shape index (κ1) is 22.7. The van der Waals surface area contributed by atoms with Gasteiger partial charge in [-0.3, -0.25) is 25.0 Å². The van der Waals surface area contributed by atoms with Crippen molar-refractivity contribution in [2.45, 2.75) is 31.3 Å². The quantitative estimate of drug-likeness (QED) is 0.273. The molecule has 3 rings (SSSR count). The molecule has 2 fully saturated rings. The van der Waals surface area contributed by atoms with Gasteiger partial charge >= 0.3 is 16.4 Å². The fraction of sp³-hybridized carbons (Fsp3) is 0.471. The van der Waals surface area contributed by atoms with Gasteiger partial charge in [0.15, 0.2) is 0 Å². The van der Waals surface area contributed by atoms with E-state index >= 15 is 0 Å². The van der Waals surface area contributed by atoms with Gasteiger partial charge < -0.3 is 15.4 Å². The SMILES string of the molecule is NCCOc1ccccc1CC(=O)NNC(=O)[C@@H]1CC[C@H]2CN1C(=O)N2OS(=O)(=O)O. The molecule has 0 radical (unpaired) electrons. The monoisotopic (exact) mass is 457 g/mol. The first-order valence-corrected chi connectivity index (χ1v) is 10.8. The predicted molar refractivity (Wildman–Crippen MR) is 104 cm³/mol. The largest absolute Gasteiger partial charge is 0.492 e. The number of ether oxygens (including phenoxy) is 1. The molecule has 5 N–H and O–H groups in total. The summed E-state index contributed by atoms with van der Waals surface area (Å²) >= 11 is 0. The van der Waals surface area contributed by atoms with Crippen molar-refractivity contribution >= 4 is 28.2 Å². The number of fused-ring (bicyclic) bond motifs is 2. The number of hydrogen-bond donors (Lipinski definition) is 4. The molecule has 0 aromatic heterocycles. The van der Waals surface area contributed by atoms with Crippen molar-refractivity contribution in [1.29, 1.82) is 0 Å². The molecule has 2 saturated heterocycles. The maximum absolute atomic E-state index is 12.5. The third-order valence-electron chi connectivity index (χ3n) is 4.82. The van der Waals surface area contributed by atoms with Gasteiger partial charge in [0.05, 0.1) is 12.5 Å². The van der Waals surface area contributed by atoms with E-state index in [1.807, 2.05) is 0 Å². The number of hydrogen-bond acceptors (Lipinski definition) is 8. The number of urea groups is 1. The van der Waals surface area contributed by atoms with Crippen molar-refractivity contribution in [2.24, 2.45) is 5.73 Å². The molecule has 1 aromatic carbocycles. The van der Waals surface area contributed by atoms with Gasteiger partial charge in [-0.25, -0.2) is 4.79 Å². The molecule has 2 bridgehead atoms. The summed E-state index contributed by atoms with van der Waals surface area (Å²) in [6.45, 7) is 0.660. The van der Waals surface area contributed by atoms with E-state index in [2.05, 4.69) is 15.1 Å². The van der Waals surface area contributed by atoms with E-state index in [0.717, 1.165) is 4.90 Å². The molecule has 1 aromatic rings.